The number of rotatable bonds is 4. The number of nitrogens with zero attached hydrogens (tertiary/aromatic N) is 5. The zero-order valence-electron chi connectivity index (χ0n) is 13.9. The van der Waals surface area contributed by atoms with Gasteiger partial charge in [-0.25, -0.2) is 19.9 Å². The summed E-state index contributed by atoms with van der Waals surface area (Å²) < 4.78 is 0. The minimum Gasteiger partial charge on any atom is -0.382 e. The van der Waals surface area contributed by atoms with Gasteiger partial charge in [0, 0.05) is 49.8 Å². The molecule has 3 N–H and O–H groups in total. The van der Waals surface area contributed by atoms with Crippen LogP contribution in [0.25, 0.3) is 0 Å². The molecule has 2 atom stereocenters. The van der Waals surface area contributed by atoms with Gasteiger partial charge < -0.3 is 16.0 Å². The summed E-state index contributed by atoms with van der Waals surface area (Å²) in [6.07, 6.45) is 9.95. The smallest absolute Gasteiger partial charge is 0.273 e. The van der Waals surface area contributed by atoms with Crippen molar-refractivity contribution in [2.45, 2.75) is 19.3 Å². The fourth-order valence-corrected chi connectivity index (χ4v) is 4.17. The Morgan fingerprint density at radius 2 is 2.04 bits per heavy atom. The quantitative estimate of drug-likeness (QED) is 0.851. The molecule has 2 aliphatic rings. The van der Waals surface area contributed by atoms with Gasteiger partial charge >= 0.3 is 0 Å². The van der Waals surface area contributed by atoms with E-state index in [0.717, 1.165) is 25.5 Å². The lowest BCUT2D eigenvalue weighted by molar-refractivity contribution is 0.0923. The van der Waals surface area contributed by atoms with Crippen molar-refractivity contribution < 1.29 is 4.79 Å². The van der Waals surface area contributed by atoms with E-state index in [1.54, 1.807) is 12.4 Å². The molecular weight excluding hydrogens is 318 g/mol. The molecule has 1 saturated carbocycles. The average Bonchev–Trinajstić information content (AvgIpc) is 3.18. The van der Waals surface area contributed by atoms with E-state index in [4.69, 9.17) is 5.73 Å². The summed E-state index contributed by atoms with van der Waals surface area (Å²) in [5, 5.41) is 3.03. The van der Waals surface area contributed by atoms with Crippen LogP contribution in [0.1, 0.15) is 29.8 Å². The van der Waals surface area contributed by atoms with E-state index >= 15 is 0 Å². The Morgan fingerprint density at radius 1 is 1.24 bits per heavy atom. The lowest BCUT2D eigenvalue weighted by Crippen LogP contribution is -2.41. The van der Waals surface area contributed by atoms with E-state index in [0.29, 0.717) is 12.5 Å². The van der Waals surface area contributed by atoms with E-state index in [9.17, 15) is 4.79 Å². The highest BCUT2D eigenvalue weighted by molar-refractivity contribution is 5.96. The summed E-state index contributed by atoms with van der Waals surface area (Å²) in [6, 6.07) is 1.82. The molecule has 0 bridgehead atoms. The Hall–Kier alpha value is -2.77. The van der Waals surface area contributed by atoms with Gasteiger partial charge in [-0.2, -0.15) is 0 Å². The number of hydrogen-bond acceptors (Lipinski definition) is 7. The Bertz CT molecular complexity index is 769. The van der Waals surface area contributed by atoms with Gasteiger partial charge in [0.05, 0.1) is 0 Å². The maximum Gasteiger partial charge on any atom is 0.273 e. The first kappa shape index (κ1) is 15.7. The minimum absolute atomic E-state index is 0.0613. The monoisotopic (exact) mass is 339 g/mol. The van der Waals surface area contributed by atoms with Crippen LogP contribution in [0.2, 0.25) is 0 Å². The largest absolute Gasteiger partial charge is 0.382 e. The second-order valence-electron chi connectivity index (χ2n) is 6.85. The van der Waals surface area contributed by atoms with E-state index in [2.05, 4.69) is 30.2 Å². The first-order chi connectivity index (χ1) is 12.2. The maximum atomic E-state index is 12.4. The van der Waals surface area contributed by atoms with Crippen molar-refractivity contribution in [1.82, 2.24) is 25.3 Å². The number of nitrogens with one attached hydrogen (secondary N) is 1. The molecule has 1 aliphatic carbocycles. The van der Waals surface area contributed by atoms with E-state index < -0.39 is 0 Å². The van der Waals surface area contributed by atoms with Gasteiger partial charge in [-0.15, -0.1) is 0 Å². The number of carbonyl (C=O) groups excluding carboxylic acids is 1. The molecular formula is C17H21N7O. The predicted molar refractivity (Wildman–Crippen MR) is 92.8 cm³/mol. The summed E-state index contributed by atoms with van der Waals surface area (Å²) in [4.78, 5) is 31.4. The van der Waals surface area contributed by atoms with Crippen LogP contribution in [-0.2, 0) is 0 Å². The Kier molecular flexibility index (Phi) is 3.95. The van der Waals surface area contributed by atoms with E-state index in [1.165, 1.54) is 25.2 Å². The summed E-state index contributed by atoms with van der Waals surface area (Å²) in [7, 11) is 0. The van der Waals surface area contributed by atoms with E-state index in [1.807, 2.05) is 6.07 Å². The second kappa shape index (κ2) is 6.27. The molecule has 2 aromatic heterocycles. The van der Waals surface area contributed by atoms with Gasteiger partial charge in [0.25, 0.3) is 5.91 Å². The van der Waals surface area contributed by atoms with Crippen LogP contribution in [-0.4, -0.2) is 45.5 Å². The average molecular weight is 339 g/mol. The SMILES string of the molecule is Nc1nccnc1C(=O)NC[C@]12CCC[C@H]1CN(c1ncccn1)C2. The topological polar surface area (TPSA) is 110 Å². The van der Waals surface area contributed by atoms with E-state index in [-0.39, 0.29) is 22.8 Å². The lowest BCUT2D eigenvalue weighted by atomic mass is 9.80. The number of fused-ring (bicyclic) bond motifs is 1. The number of carbonyl (C=O) groups is 1. The number of aromatic nitrogens is 4. The van der Waals surface area contributed by atoms with Gasteiger partial charge in [-0.05, 0) is 24.8 Å². The van der Waals surface area contributed by atoms with Crippen molar-refractivity contribution in [2.75, 3.05) is 30.3 Å². The Morgan fingerprint density at radius 3 is 2.84 bits per heavy atom. The molecule has 130 valence electrons. The molecule has 25 heavy (non-hydrogen) atoms. The molecule has 2 aromatic rings. The van der Waals surface area contributed by atoms with Crippen molar-refractivity contribution >= 4 is 17.7 Å². The highest BCUT2D eigenvalue weighted by atomic mass is 16.1. The van der Waals surface area contributed by atoms with Crippen LogP contribution in [0.4, 0.5) is 11.8 Å². The van der Waals surface area contributed by atoms with Crippen molar-refractivity contribution in [2.24, 2.45) is 11.3 Å². The summed E-state index contributed by atoms with van der Waals surface area (Å²) >= 11 is 0. The second-order valence-corrected chi connectivity index (χ2v) is 6.85. The van der Waals surface area contributed by atoms with Crippen LogP contribution in [0, 0.1) is 11.3 Å². The highest BCUT2D eigenvalue weighted by Crippen LogP contribution is 2.48. The van der Waals surface area contributed by atoms with Crippen molar-refractivity contribution in [3.8, 4) is 0 Å². The van der Waals surface area contributed by atoms with Crippen molar-refractivity contribution in [3.05, 3.63) is 36.5 Å². The molecule has 1 saturated heterocycles. The van der Waals surface area contributed by atoms with Crippen LogP contribution in [0.5, 0.6) is 0 Å². The third-order valence-corrected chi connectivity index (χ3v) is 5.42. The van der Waals surface area contributed by atoms with Crippen molar-refractivity contribution in [3.63, 3.8) is 0 Å². The van der Waals surface area contributed by atoms with Crippen LogP contribution >= 0.6 is 0 Å². The van der Waals surface area contributed by atoms with Gasteiger partial charge in [0.1, 0.15) is 0 Å². The predicted octanol–water partition coefficient (Wildman–Crippen LogP) is 0.885. The van der Waals surface area contributed by atoms with Gasteiger partial charge in [-0.1, -0.05) is 6.42 Å². The fourth-order valence-electron chi connectivity index (χ4n) is 4.17. The standard InChI is InChI=1S/C17H21N7O/c18-14-13(19-7-8-20-14)15(25)23-10-17-4-1-3-12(17)9-24(11-17)16-21-5-2-6-22-16/h2,5-8,12H,1,3-4,9-11H2,(H2,18,20)(H,23,25)/t12-,17-/m0/s1. The van der Waals surface area contributed by atoms with Gasteiger partial charge in [-0.3, -0.25) is 4.79 Å². The number of nitrogens with two attached hydrogens (primary N) is 1. The fraction of sp³-hybridized carbons (Fsp3) is 0.471. The molecule has 8 heteroatoms. The van der Waals surface area contributed by atoms with Gasteiger partial charge in [0.15, 0.2) is 11.5 Å². The molecule has 0 aromatic carbocycles. The number of hydrogen-bond donors (Lipinski definition) is 2. The first-order valence-electron chi connectivity index (χ1n) is 8.55. The molecule has 1 aliphatic heterocycles. The molecule has 1 amide bonds. The molecule has 4 rings (SSSR count). The molecule has 8 nitrogen and oxygen atoms in total. The summed E-state index contributed by atoms with van der Waals surface area (Å²) in [6.45, 7) is 2.40. The third kappa shape index (κ3) is 2.88. The zero-order chi connectivity index (χ0) is 17.3. The van der Waals surface area contributed by atoms with Gasteiger partial charge in [0.2, 0.25) is 5.95 Å². The number of amides is 1. The normalized spacial score (nSPS) is 25.0. The molecule has 2 fully saturated rings. The zero-order valence-corrected chi connectivity index (χ0v) is 13.9. The van der Waals surface area contributed by atoms with Crippen LogP contribution in [0.3, 0.4) is 0 Å². The highest BCUT2D eigenvalue weighted by Gasteiger charge is 2.50. The lowest BCUT2D eigenvalue weighted by Gasteiger charge is -2.29. The summed E-state index contributed by atoms with van der Waals surface area (Å²) in [5.41, 5.74) is 6.00. The summed E-state index contributed by atoms with van der Waals surface area (Å²) in [5.74, 6) is 1.20. The Balaban J connectivity index is 1.47. The number of nitrogen functional groups attached to an aromatic ring is 1. The van der Waals surface area contributed by atoms with Crippen molar-refractivity contribution in [1.29, 1.82) is 0 Å². The van der Waals surface area contributed by atoms with Crippen LogP contribution < -0.4 is 16.0 Å². The first-order valence-corrected chi connectivity index (χ1v) is 8.55. The molecule has 0 unspecified atom stereocenters. The molecule has 3 heterocycles. The number of anilines is 2. The minimum atomic E-state index is -0.264. The van der Waals surface area contributed by atoms with Crippen LogP contribution in [0.15, 0.2) is 30.9 Å². The third-order valence-electron chi connectivity index (χ3n) is 5.42. The Labute approximate surface area is 145 Å². The molecule has 0 radical (unpaired) electrons. The maximum absolute atomic E-state index is 12.4. The molecule has 0 spiro atoms.